The van der Waals surface area contributed by atoms with Crippen molar-refractivity contribution in [2.75, 3.05) is 7.11 Å². The molecule has 0 unspecified atom stereocenters. The van der Waals surface area contributed by atoms with Crippen LogP contribution in [0, 0.1) is 0 Å². The zero-order valence-corrected chi connectivity index (χ0v) is 8.66. The molecule has 0 N–H and O–H groups in total. The molecule has 1 nitrogen and oxygen atoms in total. The van der Waals surface area contributed by atoms with E-state index in [9.17, 15) is 0 Å². The Hall–Kier alpha value is -1.24. The van der Waals surface area contributed by atoms with Crippen LogP contribution in [0.1, 0.15) is 20.3 Å². The average Bonchev–Trinajstić information content (AvgIpc) is 2.17. The van der Waals surface area contributed by atoms with Gasteiger partial charge >= 0.3 is 0 Å². The lowest BCUT2D eigenvalue weighted by atomic mass is 10.3. The normalized spacial score (nSPS) is 13.6. The first-order chi connectivity index (χ1) is 6.35. The number of allylic oxidation sites excluding steroid dienone is 8. The second kappa shape index (κ2) is 8.85. The van der Waals surface area contributed by atoms with Crippen LogP contribution in [0.5, 0.6) is 0 Å². The van der Waals surface area contributed by atoms with Crippen molar-refractivity contribution in [1.82, 2.24) is 0 Å². The standard InChI is InChI=1S/C12H18O/c1-4-6-7-8-9-10-11-12(5-2)13-3/h4,6-11H,5H2,1-3H3/b6-4-,8-7-,10-9+,12-11-. The fraction of sp³-hybridized carbons (Fsp3) is 0.333. The van der Waals surface area contributed by atoms with Gasteiger partial charge in [-0.3, -0.25) is 0 Å². The number of hydrogen-bond donors (Lipinski definition) is 0. The van der Waals surface area contributed by atoms with Gasteiger partial charge in [0.25, 0.3) is 0 Å². The van der Waals surface area contributed by atoms with E-state index in [0.29, 0.717) is 0 Å². The minimum atomic E-state index is 0.930. The summed E-state index contributed by atoms with van der Waals surface area (Å²) in [6.45, 7) is 4.06. The molecule has 0 spiro atoms. The summed E-state index contributed by atoms with van der Waals surface area (Å²) in [5, 5.41) is 0. The summed E-state index contributed by atoms with van der Waals surface area (Å²) in [7, 11) is 1.69. The van der Waals surface area contributed by atoms with Gasteiger partial charge in [0.15, 0.2) is 0 Å². The van der Waals surface area contributed by atoms with Crippen LogP contribution in [-0.4, -0.2) is 7.11 Å². The van der Waals surface area contributed by atoms with E-state index < -0.39 is 0 Å². The highest BCUT2D eigenvalue weighted by Gasteiger charge is 1.84. The maximum Gasteiger partial charge on any atom is 0.0952 e. The topological polar surface area (TPSA) is 9.23 Å². The predicted molar refractivity (Wildman–Crippen MR) is 58.5 cm³/mol. The van der Waals surface area contributed by atoms with Crippen LogP contribution in [-0.2, 0) is 4.74 Å². The first-order valence-electron chi connectivity index (χ1n) is 4.54. The van der Waals surface area contributed by atoms with Gasteiger partial charge in [-0.05, 0) is 13.0 Å². The van der Waals surface area contributed by atoms with Crippen LogP contribution in [0.2, 0.25) is 0 Å². The van der Waals surface area contributed by atoms with Crippen LogP contribution in [0.15, 0.2) is 48.3 Å². The van der Waals surface area contributed by atoms with E-state index in [0.717, 1.165) is 12.2 Å². The van der Waals surface area contributed by atoms with Gasteiger partial charge < -0.3 is 4.74 Å². The van der Waals surface area contributed by atoms with Crippen LogP contribution < -0.4 is 0 Å². The molecule has 0 amide bonds. The SMILES string of the molecule is C\C=C/C=C\C=C\C=C(\CC)OC. The smallest absolute Gasteiger partial charge is 0.0952 e. The minimum Gasteiger partial charge on any atom is -0.501 e. The third kappa shape index (κ3) is 7.13. The minimum absolute atomic E-state index is 0.930. The highest BCUT2D eigenvalue weighted by molar-refractivity contribution is 5.16. The van der Waals surface area contributed by atoms with Crippen LogP contribution in [0.3, 0.4) is 0 Å². The first kappa shape index (κ1) is 11.8. The van der Waals surface area contributed by atoms with Gasteiger partial charge in [-0.25, -0.2) is 0 Å². The van der Waals surface area contributed by atoms with Gasteiger partial charge in [0.2, 0.25) is 0 Å². The lowest BCUT2D eigenvalue weighted by Crippen LogP contribution is -1.81. The molecule has 0 fully saturated rings. The summed E-state index contributed by atoms with van der Waals surface area (Å²) < 4.78 is 5.10. The molecule has 0 heterocycles. The Morgan fingerprint density at radius 3 is 2.23 bits per heavy atom. The van der Waals surface area contributed by atoms with Gasteiger partial charge in [0.05, 0.1) is 12.9 Å². The summed E-state index contributed by atoms with van der Waals surface area (Å²) in [4.78, 5) is 0. The Bertz CT molecular complexity index is 213. The molecule has 0 aliphatic rings. The molecule has 0 aromatic carbocycles. The van der Waals surface area contributed by atoms with E-state index in [1.807, 2.05) is 49.5 Å². The van der Waals surface area contributed by atoms with Crippen molar-refractivity contribution in [2.45, 2.75) is 20.3 Å². The Labute approximate surface area is 81.1 Å². The molecule has 0 bridgehead atoms. The summed E-state index contributed by atoms with van der Waals surface area (Å²) >= 11 is 0. The first-order valence-corrected chi connectivity index (χ1v) is 4.54. The molecular formula is C12H18O. The summed E-state index contributed by atoms with van der Waals surface area (Å²) in [6, 6.07) is 0. The summed E-state index contributed by atoms with van der Waals surface area (Å²) in [6.07, 6.45) is 14.8. The van der Waals surface area contributed by atoms with Gasteiger partial charge in [-0.1, -0.05) is 43.4 Å². The maximum absolute atomic E-state index is 5.10. The van der Waals surface area contributed by atoms with Crippen LogP contribution in [0.25, 0.3) is 0 Å². The quantitative estimate of drug-likeness (QED) is 0.461. The molecule has 0 atom stereocenters. The Morgan fingerprint density at radius 1 is 1.08 bits per heavy atom. The molecule has 0 aromatic rings. The van der Waals surface area contributed by atoms with Crippen LogP contribution in [0.4, 0.5) is 0 Å². The van der Waals surface area contributed by atoms with E-state index in [1.54, 1.807) is 7.11 Å². The number of rotatable bonds is 5. The number of ether oxygens (including phenoxy) is 1. The van der Waals surface area contributed by atoms with E-state index >= 15 is 0 Å². The van der Waals surface area contributed by atoms with Gasteiger partial charge in [0, 0.05) is 6.42 Å². The monoisotopic (exact) mass is 178 g/mol. The van der Waals surface area contributed by atoms with Gasteiger partial charge in [0.1, 0.15) is 0 Å². The van der Waals surface area contributed by atoms with E-state index in [1.165, 1.54) is 0 Å². The molecule has 0 saturated carbocycles. The predicted octanol–water partition coefficient (Wildman–Crippen LogP) is 3.62. The van der Waals surface area contributed by atoms with Crippen molar-refractivity contribution in [3.63, 3.8) is 0 Å². The van der Waals surface area contributed by atoms with E-state index in [-0.39, 0.29) is 0 Å². The third-order valence-corrected chi connectivity index (χ3v) is 1.53. The lowest BCUT2D eigenvalue weighted by molar-refractivity contribution is 0.281. The zero-order chi connectivity index (χ0) is 9.94. The van der Waals surface area contributed by atoms with Crippen molar-refractivity contribution in [2.24, 2.45) is 0 Å². The van der Waals surface area contributed by atoms with Crippen molar-refractivity contribution in [3.05, 3.63) is 48.3 Å². The zero-order valence-electron chi connectivity index (χ0n) is 8.66. The average molecular weight is 178 g/mol. The second-order valence-corrected chi connectivity index (χ2v) is 2.49. The second-order valence-electron chi connectivity index (χ2n) is 2.49. The highest BCUT2D eigenvalue weighted by Crippen LogP contribution is 2.00. The van der Waals surface area contributed by atoms with Gasteiger partial charge in [-0.15, -0.1) is 0 Å². The van der Waals surface area contributed by atoms with E-state index in [4.69, 9.17) is 4.74 Å². The molecule has 0 rings (SSSR count). The molecule has 1 heteroatoms. The fourth-order valence-electron chi connectivity index (χ4n) is 0.797. The van der Waals surface area contributed by atoms with E-state index in [2.05, 4.69) is 6.92 Å². The van der Waals surface area contributed by atoms with Crippen molar-refractivity contribution in [1.29, 1.82) is 0 Å². The molecule has 0 aromatic heterocycles. The van der Waals surface area contributed by atoms with Gasteiger partial charge in [-0.2, -0.15) is 0 Å². The van der Waals surface area contributed by atoms with Crippen LogP contribution >= 0.6 is 0 Å². The third-order valence-electron chi connectivity index (χ3n) is 1.53. The fourth-order valence-corrected chi connectivity index (χ4v) is 0.797. The molecule has 0 radical (unpaired) electrons. The Kier molecular flexibility index (Phi) is 8.01. The summed E-state index contributed by atoms with van der Waals surface area (Å²) in [5.41, 5.74) is 0. The molecular weight excluding hydrogens is 160 g/mol. The molecule has 0 aliphatic carbocycles. The number of hydrogen-bond acceptors (Lipinski definition) is 1. The number of methoxy groups -OCH3 is 1. The maximum atomic E-state index is 5.10. The molecule has 0 aliphatic heterocycles. The lowest BCUT2D eigenvalue weighted by Gasteiger charge is -1.98. The van der Waals surface area contributed by atoms with Crippen molar-refractivity contribution < 1.29 is 4.74 Å². The Balaban J connectivity index is 3.91. The summed E-state index contributed by atoms with van der Waals surface area (Å²) in [5.74, 6) is 0.996. The molecule has 72 valence electrons. The molecule has 13 heavy (non-hydrogen) atoms. The highest BCUT2D eigenvalue weighted by atomic mass is 16.5. The molecule has 0 saturated heterocycles. The largest absolute Gasteiger partial charge is 0.501 e. The Morgan fingerprint density at radius 2 is 1.69 bits per heavy atom. The van der Waals surface area contributed by atoms with Crippen molar-refractivity contribution in [3.8, 4) is 0 Å². The van der Waals surface area contributed by atoms with Crippen molar-refractivity contribution >= 4 is 0 Å².